The highest BCUT2D eigenvalue weighted by molar-refractivity contribution is 5.93. The summed E-state index contributed by atoms with van der Waals surface area (Å²) < 4.78 is 6.83. The van der Waals surface area contributed by atoms with E-state index in [4.69, 9.17) is 4.74 Å². The predicted octanol–water partition coefficient (Wildman–Crippen LogP) is 2.87. The molecule has 168 valence electrons. The molecule has 1 aromatic carbocycles. The van der Waals surface area contributed by atoms with Gasteiger partial charge >= 0.3 is 0 Å². The van der Waals surface area contributed by atoms with Crippen molar-refractivity contribution in [3.05, 3.63) is 72.8 Å². The van der Waals surface area contributed by atoms with E-state index < -0.39 is 0 Å². The summed E-state index contributed by atoms with van der Waals surface area (Å²) in [5.41, 5.74) is 2.05. The van der Waals surface area contributed by atoms with Crippen LogP contribution in [0.5, 0.6) is 5.75 Å². The molecular weight excluding hydrogens is 420 g/mol. The van der Waals surface area contributed by atoms with Gasteiger partial charge in [-0.15, -0.1) is 0 Å². The minimum absolute atomic E-state index is 0.207. The number of aryl methyl sites for hydroxylation is 1. The standard InChI is InChI=1S/C23H24N8O2/c1-31-19(13-18(30-31)16-6-5-7-17(12-16)33-2)23(32)26-11-10-25-21-14-22(28-15-27-21)29-20-8-3-4-9-24-20/h3-9,12-15H,10-11H2,1-2H3,(H,26,32)(H2,24,25,27,28,29). The number of pyridine rings is 1. The van der Waals surface area contributed by atoms with Crippen molar-refractivity contribution in [2.45, 2.75) is 0 Å². The number of aromatic nitrogens is 5. The second-order valence-electron chi connectivity index (χ2n) is 7.08. The smallest absolute Gasteiger partial charge is 0.269 e. The number of rotatable bonds is 9. The minimum Gasteiger partial charge on any atom is -0.497 e. The zero-order chi connectivity index (χ0) is 23.0. The van der Waals surface area contributed by atoms with Crippen LogP contribution in [0.4, 0.5) is 17.5 Å². The van der Waals surface area contributed by atoms with E-state index in [1.807, 2.05) is 42.5 Å². The van der Waals surface area contributed by atoms with E-state index in [0.717, 1.165) is 11.3 Å². The van der Waals surface area contributed by atoms with Crippen molar-refractivity contribution in [1.29, 1.82) is 0 Å². The van der Waals surface area contributed by atoms with Crippen LogP contribution in [0.15, 0.2) is 67.1 Å². The van der Waals surface area contributed by atoms with E-state index in [-0.39, 0.29) is 5.91 Å². The van der Waals surface area contributed by atoms with E-state index in [1.165, 1.54) is 6.33 Å². The fourth-order valence-corrected chi connectivity index (χ4v) is 3.15. The fourth-order valence-electron chi connectivity index (χ4n) is 3.15. The topological polar surface area (TPSA) is 119 Å². The van der Waals surface area contributed by atoms with Crippen LogP contribution in [0.1, 0.15) is 10.5 Å². The predicted molar refractivity (Wildman–Crippen MR) is 126 cm³/mol. The number of hydrogen-bond donors (Lipinski definition) is 3. The Balaban J connectivity index is 1.30. The first-order chi connectivity index (χ1) is 16.1. The second-order valence-corrected chi connectivity index (χ2v) is 7.08. The van der Waals surface area contributed by atoms with Gasteiger partial charge in [-0.05, 0) is 30.3 Å². The molecule has 0 aliphatic carbocycles. The lowest BCUT2D eigenvalue weighted by Crippen LogP contribution is -2.30. The van der Waals surface area contributed by atoms with Gasteiger partial charge in [-0.25, -0.2) is 15.0 Å². The lowest BCUT2D eigenvalue weighted by atomic mass is 10.1. The number of anilines is 3. The number of carbonyl (C=O) groups excluding carboxylic acids is 1. The minimum atomic E-state index is -0.207. The Kier molecular flexibility index (Phi) is 6.74. The third-order valence-electron chi connectivity index (χ3n) is 4.78. The van der Waals surface area contributed by atoms with Crippen LogP contribution >= 0.6 is 0 Å². The number of carbonyl (C=O) groups is 1. The molecule has 0 bridgehead atoms. The monoisotopic (exact) mass is 444 g/mol. The summed E-state index contributed by atoms with van der Waals surface area (Å²) in [6.45, 7) is 0.901. The maximum Gasteiger partial charge on any atom is 0.269 e. The second kappa shape index (κ2) is 10.2. The SMILES string of the molecule is COc1cccc(-c2cc(C(=O)NCCNc3cc(Nc4ccccn4)ncn3)n(C)n2)c1. The van der Waals surface area contributed by atoms with Crippen LogP contribution < -0.4 is 20.7 Å². The molecule has 0 atom stereocenters. The van der Waals surface area contributed by atoms with Crippen molar-refractivity contribution < 1.29 is 9.53 Å². The van der Waals surface area contributed by atoms with Crippen LogP contribution in [0.25, 0.3) is 11.3 Å². The molecule has 4 rings (SSSR count). The summed E-state index contributed by atoms with van der Waals surface area (Å²) in [6.07, 6.45) is 3.16. The quantitative estimate of drug-likeness (QED) is 0.337. The average Bonchev–Trinajstić information content (AvgIpc) is 3.24. The van der Waals surface area contributed by atoms with Gasteiger partial charge in [-0.3, -0.25) is 9.48 Å². The summed E-state index contributed by atoms with van der Waals surface area (Å²) in [7, 11) is 3.36. The third-order valence-corrected chi connectivity index (χ3v) is 4.78. The molecule has 33 heavy (non-hydrogen) atoms. The third kappa shape index (κ3) is 5.62. The van der Waals surface area contributed by atoms with Crippen LogP contribution in [0.2, 0.25) is 0 Å². The molecule has 3 heterocycles. The lowest BCUT2D eigenvalue weighted by Gasteiger charge is -2.09. The summed E-state index contributed by atoms with van der Waals surface area (Å²) in [5.74, 6) is 2.48. The highest BCUT2D eigenvalue weighted by atomic mass is 16.5. The van der Waals surface area contributed by atoms with Crippen molar-refractivity contribution >= 4 is 23.4 Å². The number of ether oxygens (including phenoxy) is 1. The summed E-state index contributed by atoms with van der Waals surface area (Å²) in [6, 6.07) is 16.7. The zero-order valence-corrected chi connectivity index (χ0v) is 18.3. The molecule has 0 spiro atoms. The first kappa shape index (κ1) is 21.8. The van der Waals surface area contributed by atoms with E-state index >= 15 is 0 Å². The largest absolute Gasteiger partial charge is 0.497 e. The molecule has 0 fully saturated rings. The summed E-state index contributed by atoms with van der Waals surface area (Å²) >= 11 is 0. The lowest BCUT2D eigenvalue weighted by molar-refractivity contribution is 0.0946. The van der Waals surface area contributed by atoms with Crippen LogP contribution in [-0.4, -0.2) is 50.8 Å². The van der Waals surface area contributed by atoms with Crippen LogP contribution in [-0.2, 0) is 7.05 Å². The Morgan fingerprint density at radius 3 is 2.67 bits per heavy atom. The molecular formula is C23H24N8O2. The molecule has 10 nitrogen and oxygen atoms in total. The van der Waals surface area contributed by atoms with Gasteiger partial charge in [-0.2, -0.15) is 5.10 Å². The van der Waals surface area contributed by atoms with Crippen molar-refractivity contribution in [3.63, 3.8) is 0 Å². The molecule has 4 aromatic rings. The van der Waals surface area contributed by atoms with E-state index in [9.17, 15) is 4.79 Å². The Labute approximate surface area is 191 Å². The summed E-state index contributed by atoms with van der Waals surface area (Å²) in [4.78, 5) is 25.2. The van der Waals surface area contributed by atoms with Crippen LogP contribution in [0, 0.1) is 0 Å². The van der Waals surface area contributed by atoms with Gasteiger partial charge < -0.3 is 20.7 Å². The highest BCUT2D eigenvalue weighted by Crippen LogP contribution is 2.23. The van der Waals surface area contributed by atoms with Crippen molar-refractivity contribution in [2.75, 3.05) is 30.8 Å². The molecule has 3 N–H and O–H groups in total. The van der Waals surface area contributed by atoms with E-state index in [0.29, 0.717) is 41.9 Å². The highest BCUT2D eigenvalue weighted by Gasteiger charge is 2.14. The first-order valence-electron chi connectivity index (χ1n) is 10.3. The summed E-state index contributed by atoms with van der Waals surface area (Å²) in [5, 5.41) is 13.6. The van der Waals surface area contributed by atoms with Gasteiger partial charge in [0, 0.05) is 38.0 Å². The van der Waals surface area contributed by atoms with Crippen LogP contribution in [0.3, 0.4) is 0 Å². The Hall–Kier alpha value is -4.47. The molecule has 0 aliphatic heterocycles. The number of nitrogens with one attached hydrogen (secondary N) is 3. The van der Waals surface area contributed by atoms with Gasteiger partial charge in [0.1, 0.15) is 35.2 Å². The molecule has 0 saturated heterocycles. The van der Waals surface area contributed by atoms with Crippen molar-refractivity contribution in [1.82, 2.24) is 30.0 Å². The number of hydrogen-bond acceptors (Lipinski definition) is 8. The normalized spacial score (nSPS) is 10.5. The van der Waals surface area contributed by atoms with Gasteiger partial charge in [0.05, 0.1) is 12.8 Å². The van der Waals surface area contributed by atoms with E-state index in [1.54, 1.807) is 37.2 Å². The molecule has 0 saturated carbocycles. The number of amides is 1. The number of nitrogens with zero attached hydrogens (tertiary/aromatic N) is 5. The van der Waals surface area contributed by atoms with Gasteiger partial charge in [0.15, 0.2) is 0 Å². The molecule has 0 unspecified atom stereocenters. The average molecular weight is 444 g/mol. The first-order valence-corrected chi connectivity index (χ1v) is 10.3. The molecule has 0 aliphatic rings. The maximum absolute atomic E-state index is 12.6. The molecule has 3 aromatic heterocycles. The van der Waals surface area contributed by atoms with Gasteiger partial charge in [-0.1, -0.05) is 18.2 Å². The Bertz CT molecular complexity index is 1230. The number of benzene rings is 1. The van der Waals surface area contributed by atoms with Crippen molar-refractivity contribution in [3.8, 4) is 17.0 Å². The fraction of sp³-hybridized carbons (Fsp3) is 0.174. The molecule has 0 radical (unpaired) electrons. The molecule has 1 amide bonds. The number of methoxy groups -OCH3 is 1. The van der Waals surface area contributed by atoms with Gasteiger partial charge in [0.2, 0.25) is 0 Å². The Morgan fingerprint density at radius 1 is 0.970 bits per heavy atom. The Morgan fingerprint density at radius 2 is 1.85 bits per heavy atom. The maximum atomic E-state index is 12.6. The van der Waals surface area contributed by atoms with Crippen molar-refractivity contribution in [2.24, 2.45) is 7.05 Å². The molecule has 10 heteroatoms. The van der Waals surface area contributed by atoms with Gasteiger partial charge in [0.25, 0.3) is 5.91 Å². The zero-order valence-electron chi connectivity index (χ0n) is 18.3. The van der Waals surface area contributed by atoms with E-state index in [2.05, 4.69) is 36.0 Å².